The first-order valence-electron chi connectivity index (χ1n) is 13.9. The molecule has 11 heteroatoms. The van der Waals surface area contributed by atoms with E-state index < -0.39 is 23.3 Å². The molecule has 218 valence electrons. The maximum Gasteiger partial charge on any atom is 0.410 e. The average molecular weight is 563 g/mol. The monoisotopic (exact) mass is 562 g/mol. The van der Waals surface area contributed by atoms with Crippen molar-refractivity contribution in [2.45, 2.75) is 70.6 Å². The molecule has 2 atom stereocenters. The van der Waals surface area contributed by atoms with Crippen LogP contribution in [-0.4, -0.2) is 70.8 Å². The normalized spacial score (nSPS) is 20.7. The molecule has 3 amide bonds. The summed E-state index contributed by atoms with van der Waals surface area (Å²) < 4.78 is 5.45. The molecule has 0 aliphatic carbocycles. The van der Waals surface area contributed by atoms with Gasteiger partial charge in [0, 0.05) is 37.9 Å². The van der Waals surface area contributed by atoms with Gasteiger partial charge in [0.05, 0.1) is 11.4 Å². The van der Waals surface area contributed by atoms with E-state index in [1.165, 1.54) is 11.8 Å². The molecule has 2 heterocycles. The Balaban J connectivity index is 1.30. The Kier molecular flexibility index (Phi) is 9.05. The molecule has 2 aliphatic heterocycles. The molecule has 0 bridgehead atoms. The van der Waals surface area contributed by atoms with Crippen molar-refractivity contribution in [3.63, 3.8) is 0 Å². The van der Waals surface area contributed by atoms with Gasteiger partial charge in [0.25, 0.3) is 0 Å². The Morgan fingerprint density at radius 1 is 0.976 bits per heavy atom. The van der Waals surface area contributed by atoms with Gasteiger partial charge in [-0.25, -0.2) is 4.79 Å². The van der Waals surface area contributed by atoms with Crippen LogP contribution in [0, 0.1) is 0 Å². The van der Waals surface area contributed by atoms with Crippen LogP contribution in [0.5, 0.6) is 0 Å². The van der Waals surface area contributed by atoms with Gasteiger partial charge in [-0.05, 0) is 95.0 Å². The first-order valence-corrected chi connectivity index (χ1v) is 13.9. The summed E-state index contributed by atoms with van der Waals surface area (Å²) in [7, 11) is 0. The van der Waals surface area contributed by atoms with Crippen LogP contribution in [0.1, 0.15) is 53.4 Å². The maximum absolute atomic E-state index is 12.9. The van der Waals surface area contributed by atoms with Crippen molar-refractivity contribution >= 4 is 46.9 Å². The quantitative estimate of drug-likeness (QED) is 0.326. The maximum atomic E-state index is 12.9. The molecule has 2 fully saturated rings. The minimum Gasteiger partial charge on any atom is -0.444 e. The molecule has 4 rings (SSSR count). The molecule has 11 nitrogen and oxygen atoms in total. The number of nitrogens with one attached hydrogen (secondary N) is 2. The molecule has 0 saturated carbocycles. The minimum atomic E-state index is -0.815. The number of carbonyl (C=O) groups excluding carboxylic acids is 4. The summed E-state index contributed by atoms with van der Waals surface area (Å²) in [4.78, 5) is 52.3. The third kappa shape index (κ3) is 7.47. The largest absolute Gasteiger partial charge is 0.444 e. The first-order chi connectivity index (χ1) is 19.5. The molecule has 0 aromatic heterocycles. The van der Waals surface area contributed by atoms with E-state index in [-0.39, 0.29) is 11.8 Å². The molecule has 2 saturated heterocycles. The van der Waals surface area contributed by atoms with Gasteiger partial charge < -0.3 is 25.1 Å². The van der Waals surface area contributed by atoms with Crippen LogP contribution in [0.4, 0.5) is 27.5 Å². The third-order valence-electron chi connectivity index (χ3n) is 7.19. The van der Waals surface area contributed by atoms with Crippen molar-refractivity contribution in [3.05, 3.63) is 48.5 Å². The van der Waals surface area contributed by atoms with Gasteiger partial charge in [-0.3, -0.25) is 14.5 Å². The van der Waals surface area contributed by atoms with Crippen molar-refractivity contribution in [2.24, 2.45) is 10.2 Å². The Morgan fingerprint density at radius 3 is 2.15 bits per heavy atom. The molecule has 2 aliphatic rings. The van der Waals surface area contributed by atoms with E-state index in [1.807, 2.05) is 24.3 Å². The Morgan fingerprint density at radius 2 is 1.59 bits per heavy atom. The van der Waals surface area contributed by atoms with Gasteiger partial charge in [0.2, 0.25) is 11.8 Å². The topological polar surface area (TPSA) is 133 Å². The molecule has 2 aromatic rings. The number of azo groups is 1. The molecule has 41 heavy (non-hydrogen) atoms. The van der Waals surface area contributed by atoms with Crippen LogP contribution >= 0.6 is 0 Å². The highest BCUT2D eigenvalue weighted by Crippen LogP contribution is 2.29. The van der Waals surface area contributed by atoms with Gasteiger partial charge in [-0.15, -0.1) is 0 Å². The van der Waals surface area contributed by atoms with Crippen molar-refractivity contribution in [3.8, 4) is 0 Å². The van der Waals surface area contributed by atoms with E-state index in [0.717, 1.165) is 24.8 Å². The smallest absolute Gasteiger partial charge is 0.410 e. The second-order valence-corrected chi connectivity index (χ2v) is 11.5. The van der Waals surface area contributed by atoms with E-state index >= 15 is 0 Å². The number of benzene rings is 2. The number of aldehydes is 1. The summed E-state index contributed by atoms with van der Waals surface area (Å²) in [5.41, 5.74) is 1.23. The number of rotatable bonds is 8. The predicted octanol–water partition coefficient (Wildman–Crippen LogP) is 5.43. The Hall–Kier alpha value is -4.28. The zero-order chi connectivity index (χ0) is 29.6. The van der Waals surface area contributed by atoms with Crippen LogP contribution in [0.2, 0.25) is 0 Å². The standard InChI is InChI=1S/C30H38N6O5/c1-21(38)36-18-6-16-30(36,20-37)19-31-22-8-12-24(13-9-22)33-34-25-14-10-23(11-15-25)32-27(39)26-7-5-17-35(26)28(40)41-29(2,3)4/h8-15,20,26,31H,5-7,16-19H2,1-4H3,(H,32,39)/t26-,30-/m0/s1. The van der Waals surface area contributed by atoms with Gasteiger partial charge in [0.15, 0.2) is 0 Å². The Bertz CT molecular complexity index is 1290. The molecule has 0 unspecified atom stereocenters. The second kappa shape index (κ2) is 12.5. The van der Waals surface area contributed by atoms with E-state index in [2.05, 4.69) is 20.9 Å². The fraction of sp³-hybridized carbons (Fsp3) is 0.467. The van der Waals surface area contributed by atoms with Crippen LogP contribution in [-0.2, 0) is 19.1 Å². The summed E-state index contributed by atoms with van der Waals surface area (Å²) >= 11 is 0. The lowest BCUT2D eigenvalue weighted by Crippen LogP contribution is -2.52. The van der Waals surface area contributed by atoms with Gasteiger partial charge in [0.1, 0.15) is 23.5 Å². The summed E-state index contributed by atoms with van der Waals surface area (Å²) in [6.45, 7) is 8.32. The highest BCUT2D eigenvalue weighted by atomic mass is 16.6. The molecule has 2 aromatic carbocycles. The van der Waals surface area contributed by atoms with E-state index in [1.54, 1.807) is 49.9 Å². The van der Waals surface area contributed by atoms with Gasteiger partial charge >= 0.3 is 6.09 Å². The number of anilines is 2. The predicted molar refractivity (Wildman–Crippen MR) is 156 cm³/mol. The number of ether oxygens (including phenoxy) is 1. The number of nitrogens with zero attached hydrogens (tertiary/aromatic N) is 4. The van der Waals surface area contributed by atoms with Crippen LogP contribution in [0.15, 0.2) is 58.8 Å². The van der Waals surface area contributed by atoms with Crippen molar-refractivity contribution in [2.75, 3.05) is 30.3 Å². The van der Waals surface area contributed by atoms with Crippen molar-refractivity contribution < 1.29 is 23.9 Å². The fourth-order valence-corrected chi connectivity index (χ4v) is 5.15. The number of likely N-dealkylation sites (tertiary alicyclic amines) is 2. The van der Waals surface area contributed by atoms with Crippen molar-refractivity contribution in [1.29, 1.82) is 0 Å². The van der Waals surface area contributed by atoms with Crippen LogP contribution in [0.3, 0.4) is 0 Å². The zero-order valence-electron chi connectivity index (χ0n) is 24.1. The average Bonchev–Trinajstić information content (AvgIpc) is 3.60. The zero-order valence-corrected chi connectivity index (χ0v) is 24.1. The van der Waals surface area contributed by atoms with E-state index in [9.17, 15) is 19.2 Å². The summed E-state index contributed by atoms with van der Waals surface area (Å²) in [5.74, 6) is -0.348. The van der Waals surface area contributed by atoms with Crippen LogP contribution in [0.25, 0.3) is 0 Å². The second-order valence-electron chi connectivity index (χ2n) is 11.5. The SMILES string of the molecule is CC(=O)N1CCC[C@@]1(C=O)CNc1ccc(N=Nc2ccc(NC(=O)[C@@H]3CCCN3C(=O)OC(C)(C)C)cc2)cc1. The van der Waals surface area contributed by atoms with Gasteiger partial charge in [-0.2, -0.15) is 10.2 Å². The number of carbonyl (C=O) groups is 4. The van der Waals surface area contributed by atoms with Crippen LogP contribution < -0.4 is 10.6 Å². The first kappa shape index (κ1) is 29.7. The number of hydrogen-bond donors (Lipinski definition) is 2. The molecule has 0 spiro atoms. The summed E-state index contributed by atoms with van der Waals surface area (Å²) in [6, 6.07) is 13.7. The number of hydrogen-bond acceptors (Lipinski definition) is 8. The minimum absolute atomic E-state index is 0.0961. The van der Waals surface area contributed by atoms with E-state index in [4.69, 9.17) is 4.74 Å². The lowest BCUT2D eigenvalue weighted by molar-refractivity contribution is -0.136. The molecule has 0 radical (unpaired) electrons. The molecule has 2 N–H and O–H groups in total. The fourth-order valence-electron chi connectivity index (χ4n) is 5.15. The lowest BCUT2D eigenvalue weighted by atomic mass is 9.97. The summed E-state index contributed by atoms with van der Waals surface area (Å²) in [6.07, 6.45) is 3.17. The summed E-state index contributed by atoms with van der Waals surface area (Å²) in [5, 5.41) is 14.7. The van der Waals surface area contributed by atoms with Crippen molar-refractivity contribution in [1.82, 2.24) is 9.80 Å². The van der Waals surface area contributed by atoms with E-state index in [0.29, 0.717) is 49.5 Å². The lowest BCUT2D eigenvalue weighted by Gasteiger charge is -2.33. The highest BCUT2D eigenvalue weighted by Gasteiger charge is 2.42. The Labute approximate surface area is 240 Å². The van der Waals surface area contributed by atoms with Gasteiger partial charge in [-0.1, -0.05) is 0 Å². The molecular formula is C30H38N6O5. The number of amides is 3. The highest BCUT2D eigenvalue weighted by molar-refractivity contribution is 5.97. The third-order valence-corrected chi connectivity index (χ3v) is 7.19. The molecular weight excluding hydrogens is 524 g/mol.